The summed E-state index contributed by atoms with van der Waals surface area (Å²) in [6.45, 7) is 1.33. The first-order chi connectivity index (χ1) is 9.11. The average molecular weight is 264 g/mol. The van der Waals surface area contributed by atoms with Gasteiger partial charge in [-0.05, 0) is 24.8 Å². The number of nitro benzene ring substituents is 1. The third-order valence-corrected chi connectivity index (χ3v) is 3.46. The fraction of sp³-hybridized carbons (Fsp3) is 0.462. The highest BCUT2D eigenvalue weighted by molar-refractivity contribution is 5.94. The van der Waals surface area contributed by atoms with Crippen molar-refractivity contribution in [3.8, 4) is 0 Å². The molecule has 0 aromatic heterocycles. The van der Waals surface area contributed by atoms with E-state index in [0.717, 1.165) is 12.8 Å². The lowest BCUT2D eigenvalue weighted by Crippen LogP contribution is -2.39. The second-order valence-electron chi connectivity index (χ2n) is 4.73. The van der Waals surface area contributed by atoms with Crippen molar-refractivity contribution in [1.29, 1.82) is 0 Å². The molecule has 1 fully saturated rings. The molecule has 0 atom stereocenters. The van der Waals surface area contributed by atoms with Crippen molar-refractivity contribution in [3.63, 3.8) is 0 Å². The minimum Gasteiger partial charge on any atom is -0.396 e. The van der Waals surface area contributed by atoms with E-state index < -0.39 is 4.92 Å². The van der Waals surface area contributed by atoms with E-state index in [1.807, 2.05) is 0 Å². The zero-order valence-corrected chi connectivity index (χ0v) is 10.5. The lowest BCUT2D eigenvalue weighted by Gasteiger charge is -2.31. The number of hydrogen-bond acceptors (Lipinski definition) is 4. The van der Waals surface area contributed by atoms with Gasteiger partial charge >= 0.3 is 0 Å². The SMILES string of the molecule is O=C(c1cccc([N+](=O)[O-])c1)N1CCC(CO)CC1. The topological polar surface area (TPSA) is 83.7 Å². The van der Waals surface area contributed by atoms with E-state index >= 15 is 0 Å². The number of aliphatic hydroxyl groups is 1. The van der Waals surface area contributed by atoms with Gasteiger partial charge in [-0.2, -0.15) is 0 Å². The Morgan fingerprint density at radius 3 is 2.68 bits per heavy atom. The molecule has 0 saturated carbocycles. The van der Waals surface area contributed by atoms with Gasteiger partial charge in [-0.25, -0.2) is 0 Å². The van der Waals surface area contributed by atoms with Crippen molar-refractivity contribution >= 4 is 11.6 Å². The number of amides is 1. The maximum absolute atomic E-state index is 12.2. The number of rotatable bonds is 3. The highest BCUT2D eigenvalue weighted by atomic mass is 16.6. The zero-order valence-electron chi connectivity index (χ0n) is 10.5. The van der Waals surface area contributed by atoms with Crippen LogP contribution in [0, 0.1) is 16.0 Å². The van der Waals surface area contributed by atoms with Gasteiger partial charge in [-0.3, -0.25) is 14.9 Å². The number of benzene rings is 1. The average Bonchev–Trinajstić information content (AvgIpc) is 2.46. The molecule has 0 aliphatic carbocycles. The van der Waals surface area contributed by atoms with Crippen molar-refractivity contribution in [2.75, 3.05) is 19.7 Å². The van der Waals surface area contributed by atoms with Gasteiger partial charge in [0.25, 0.3) is 11.6 Å². The van der Waals surface area contributed by atoms with Gasteiger partial charge in [-0.1, -0.05) is 6.07 Å². The van der Waals surface area contributed by atoms with Crippen LogP contribution in [-0.2, 0) is 0 Å². The van der Waals surface area contributed by atoms with Gasteiger partial charge < -0.3 is 10.0 Å². The van der Waals surface area contributed by atoms with Crippen LogP contribution in [0.25, 0.3) is 0 Å². The number of non-ortho nitro benzene ring substituents is 1. The van der Waals surface area contributed by atoms with Gasteiger partial charge in [-0.15, -0.1) is 0 Å². The van der Waals surface area contributed by atoms with E-state index in [-0.39, 0.29) is 24.1 Å². The number of aliphatic hydroxyl groups excluding tert-OH is 1. The third kappa shape index (κ3) is 3.08. The Bertz CT molecular complexity index is 481. The molecule has 1 aliphatic rings. The maximum atomic E-state index is 12.2. The van der Waals surface area contributed by atoms with Crippen LogP contribution in [0.15, 0.2) is 24.3 Å². The number of carbonyl (C=O) groups is 1. The number of piperidine rings is 1. The molecule has 0 unspecified atom stereocenters. The van der Waals surface area contributed by atoms with Gasteiger partial charge in [0.2, 0.25) is 0 Å². The lowest BCUT2D eigenvalue weighted by molar-refractivity contribution is -0.384. The standard InChI is InChI=1S/C13H16N2O4/c16-9-10-4-6-14(7-5-10)13(17)11-2-1-3-12(8-11)15(18)19/h1-3,8,10,16H,4-7,9H2. The molecule has 1 heterocycles. The van der Waals surface area contributed by atoms with E-state index in [9.17, 15) is 14.9 Å². The molecule has 1 N–H and O–H groups in total. The Labute approximate surface area is 110 Å². The van der Waals surface area contributed by atoms with E-state index in [1.165, 1.54) is 18.2 Å². The predicted molar refractivity (Wildman–Crippen MR) is 68.8 cm³/mol. The minimum absolute atomic E-state index is 0.0731. The Balaban J connectivity index is 2.08. The number of likely N-dealkylation sites (tertiary alicyclic amines) is 1. The summed E-state index contributed by atoms with van der Waals surface area (Å²) in [5.74, 6) is 0.0780. The summed E-state index contributed by atoms with van der Waals surface area (Å²) in [5.41, 5.74) is 0.271. The quantitative estimate of drug-likeness (QED) is 0.661. The number of nitro groups is 1. The van der Waals surface area contributed by atoms with Crippen molar-refractivity contribution < 1.29 is 14.8 Å². The highest BCUT2D eigenvalue weighted by Crippen LogP contribution is 2.20. The molecule has 1 aromatic carbocycles. The predicted octanol–water partition coefficient (Wildman–Crippen LogP) is 1.44. The molecule has 0 radical (unpaired) electrons. The Hall–Kier alpha value is -1.95. The molecule has 1 saturated heterocycles. The molecule has 6 nitrogen and oxygen atoms in total. The molecular formula is C13H16N2O4. The summed E-state index contributed by atoms with van der Waals surface area (Å²) >= 11 is 0. The van der Waals surface area contributed by atoms with E-state index in [0.29, 0.717) is 18.7 Å². The molecule has 2 rings (SSSR count). The fourth-order valence-electron chi connectivity index (χ4n) is 2.25. The van der Waals surface area contributed by atoms with E-state index in [2.05, 4.69) is 0 Å². The van der Waals surface area contributed by atoms with Crippen molar-refractivity contribution in [1.82, 2.24) is 4.90 Å². The third-order valence-electron chi connectivity index (χ3n) is 3.46. The maximum Gasteiger partial charge on any atom is 0.270 e. The zero-order chi connectivity index (χ0) is 13.8. The van der Waals surface area contributed by atoms with Crippen LogP contribution in [0.4, 0.5) is 5.69 Å². The normalized spacial score (nSPS) is 16.4. The molecule has 0 spiro atoms. The first-order valence-electron chi connectivity index (χ1n) is 6.26. The molecule has 1 aliphatic heterocycles. The first kappa shape index (κ1) is 13.5. The summed E-state index contributed by atoms with van der Waals surface area (Å²) in [7, 11) is 0. The van der Waals surface area contributed by atoms with Crippen molar-refractivity contribution in [2.45, 2.75) is 12.8 Å². The van der Waals surface area contributed by atoms with E-state index in [1.54, 1.807) is 11.0 Å². The molecule has 1 amide bonds. The fourth-order valence-corrected chi connectivity index (χ4v) is 2.25. The smallest absolute Gasteiger partial charge is 0.270 e. The second kappa shape index (κ2) is 5.79. The number of hydrogen-bond donors (Lipinski definition) is 1. The molecule has 1 aromatic rings. The van der Waals surface area contributed by atoms with Crippen LogP contribution in [0.3, 0.4) is 0 Å². The van der Waals surface area contributed by atoms with Crippen molar-refractivity contribution in [3.05, 3.63) is 39.9 Å². The van der Waals surface area contributed by atoms with Crippen LogP contribution in [-0.4, -0.2) is 40.5 Å². The first-order valence-corrected chi connectivity index (χ1v) is 6.26. The van der Waals surface area contributed by atoms with Gasteiger partial charge in [0.15, 0.2) is 0 Å². The number of carbonyl (C=O) groups excluding carboxylic acids is 1. The van der Waals surface area contributed by atoms with Crippen LogP contribution in [0.2, 0.25) is 0 Å². The van der Waals surface area contributed by atoms with Crippen LogP contribution >= 0.6 is 0 Å². The Morgan fingerprint density at radius 2 is 2.11 bits per heavy atom. The molecular weight excluding hydrogens is 248 g/mol. The molecule has 102 valence electrons. The summed E-state index contributed by atoms with van der Waals surface area (Å²) in [6, 6.07) is 5.79. The minimum atomic E-state index is -0.505. The Kier molecular flexibility index (Phi) is 4.11. The largest absolute Gasteiger partial charge is 0.396 e. The molecule has 6 heteroatoms. The van der Waals surface area contributed by atoms with Crippen LogP contribution in [0.5, 0.6) is 0 Å². The Morgan fingerprint density at radius 1 is 1.42 bits per heavy atom. The van der Waals surface area contributed by atoms with E-state index in [4.69, 9.17) is 5.11 Å². The summed E-state index contributed by atoms with van der Waals surface area (Å²) in [6.07, 6.45) is 1.55. The molecule has 19 heavy (non-hydrogen) atoms. The van der Waals surface area contributed by atoms with Crippen LogP contribution < -0.4 is 0 Å². The van der Waals surface area contributed by atoms with Gasteiger partial charge in [0.05, 0.1) is 4.92 Å². The van der Waals surface area contributed by atoms with Crippen LogP contribution in [0.1, 0.15) is 23.2 Å². The molecule has 0 bridgehead atoms. The van der Waals surface area contributed by atoms with Crippen molar-refractivity contribution in [2.24, 2.45) is 5.92 Å². The summed E-state index contributed by atoms with van der Waals surface area (Å²) in [4.78, 5) is 24.1. The summed E-state index contributed by atoms with van der Waals surface area (Å²) in [5, 5.41) is 19.7. The highest BCUT2D eigenvalue weighted by Gasteiger charge is 2.23. The monoisotopic (exact) mass is 264 g/mol. The number of nitrogens with zero attached hydrogens (tertiary/aromatic N) is 2. The summed E-state index contributed by atoms with van der Waals surface area (Å²) < 4.78 is 0. The van der Waals surface area contributed by atoms with Gasteiger partial charge in [0, 0.05) is 37.4 Å². The lowest BCUT2D eigenvalue weighted by atomic mass is 9.97. The second-order valence-corrected chi connectivity index (χ2v) is 4.73. The van der Waals surface area contributed by atoms with Gasteiger partial charge in [0.1, 0.15) is 0 Å².